The highest BCUT2D eigenvalue weighted by Crippen LogP contribution is 2.28. The van der Waals surface area contributed by atoms with Crippen molar-refractivity contribution in [2.45, 2.75) is 89.4 Å². The fourth-order valence-corrected chi connectivity index (χ4v) is 4.08. The molecule has 11 nitrogen and oxygen atoms in total. The Bertz CT molecular complexity index is 562. The molecule has 0 bridgehead atoms. The highest BCUT2D eigenvalue weighted by atomic mass is 16.7. The predicted molar refractivity (Wildman–Crippen MR) is 117 cm³/mol. The first-order valence-electron chi connectivity index (χ1n) is 11.6. The molecule has 2 aliphatic rings. The van der Waals surface area contributed by atoms with Gasteiger partial charge in [0.05, 0.1) is 32.0 Å². The van der Waals surface area contributed by atoms with Crippen LogP contribution in [0.2, 0.25) is 0 Å². The van der Waals surface area contributed by atoms with Gasteiger partial charge in [-0.3, -0.25) is 0 Å². The number of rotatable bonds is 11. The molecule has 0 radical (unpaired) electrons. The van der Waals surface area contributed by atoms with E-state index >= 15 is 0 Å². The van der Waals surface area contributed by atoms with Crippen LogP contribution in [0.4, 0.5) is 0 Å². The largest absolute Gasteiger partial charge is 0.394 e. The van der Waals surface area contributed by atoms with E-state index < -0.39 is 55.8 Å². The van der Waals surface area contributed by atoms with Gasteiger partial charge in [0, 0.05) is 24.7 Å². The molecular formula is C22H41NO10. The molecule has 2 aliphatic heterocycles. The van der Waals surface area contributed by atoms with Gasteiger partial charge >= 0.3 is 0 Å². The van der Waals surface area contributed by atoms with E-state index in [1.165, 1.54) is 0 Å². The summed E-state index contributed by atoms with van der Waals surface area (Å²) in [6.45, 7) is 8.28. The van der Waals surface area contributed by atoms with Crippen molar-refractivity contribution in [1.82, 2.24) is 4.90 Å². The summed E-state index contributed by atoms with van der Waals surface area (Å²) < 4.78 is 22.5. The van der Waals surface area contributed by atoms with Crippen LogP contribution in [0, 0.1) is 5.92 Å². The molecule has 0 saturated carbocycles. The first-order chi connectivity index (χ1) is 15.7. The van der Waals surface area contributed by atoms with E-state index in [0.29, 0.717) is 19.5 Å². The van der Waals surface area contributed by atoms with Crippen LogP contribution in [0.15, 0.2) is 11.8 Å². The van der Waals surface area contributed by atoms with Crippen LogP contribution in [0.5, 0.6) is 0 Å². The maximum atomic E-state index is 10.3. The lowest BCUT2D eigenvalue weighted by Crippen LogP contribution is -2.59. The average Bonchev–Trinajstić information content (AvgIpc) is 2.82. The predicted octanol–water partition coefficient (Wildman–Crippen LogP) is -1.46. The number of nitrogens with zero attached hydrogens (tertiary/aromatic N) is 1. The summed E-state index contributed by atoms with van der Waals surface area (Å²) in [5.74, 6) is -0.189. The molecule has 11 heteroatoms. The van der Waals surface area contributed by atoms with Crippen molar-refractivity contribution in [3.63, 3.8) is 0 Å². The van der Waals surface area contributed by atoms with E-state index in [1.807, 2.05) is 38.7 Å². The SMILES string of the molecule is C/C=C(/C)N(CCO[C@H]1OC(CC)[C@@H](C)C(O)C1O)CCO[C@H]1OC(CO)[C@@H](O)C(O)C1O. The standard InChI is InChI=1S/C22H41NO10/c1-5-12(3)23(7-9-30-21-19(28)16(25)13(4)14(6-2)32-21)8-10-31-22-20(29)18(27)17(26)15(11-24)33-22/h5,13-22,24-29H,6-11H2,1-4H3/b12-5-/t13-,14?,15?,16?,17-,18?,19?,20?,21+,22+/m1/s1. The molecule has 0 aromatic carbocycles. The highest BCUT2D eigenvalue weighted by molar-refractivity contribution is 4.95. The molecule has 0 aliphatic carbocycles. The molecule has 2 rings (SSSR count). The van der Waals surface area contributed by atoms with Crippen LogP contribution in [0.25, 0.3) is 0 Å². The normalized spacial score (nSPS) is 40.1. The molecular weight excluding hydrogens is 438 g/mol. The Morgan fingerprint density at radius 2 is 1.36 bits per heavy atom. The summed E-state index contributed by atoms with van der Waals surface area (Å²) in [5, 5.41) is 59.7. The summed E-state index contributed by atoms with van der Waals surface area (Å²) in [6, 6.07) is 0. The van der Waals surface area contributed by atoms with Crippen LogP contribution < -0.4 is 0 Å². The summed E-state index contributed by atoms with van der Waals surface area (Å²) in [4.78, 5) is 1.97. The Morgan fingerprint density at radius 1 is 0.848 bits per heavy atom. The number of ether oxygens (including phenoxy) is 4. The third-order valence-electron chi connectivity index (χ3n) is 6.52. The average molecular weight is 480 g/mol. The van der Waals surface area contributed by atoms with Crippen molar-refractivity contribution in [3.05, 3.63) is 11.8 Å². The van der Waals surface area contributed by atoms with Crippen molar-refractivity contribution in [2.75, 3.05) is 32.9 Å². The van der Waals surface area contributed by atoms with Crippen molar-refractivity contribution in [2.24, 2.45) is 5.92 Å². The molecule has 10 atom stereocenters. The van der Waals surface area contributed by atoms with Gasteiger partial charge in [-0.1, -0.05) is 19.9 Å². The molecule has 33 heavy (non-hydrogen) atoms. The van der Waals surface area contributed by atoms with Crippen LogP contribution in [-0.2, 0) is 18.9 Å². The lowest BCUT2D eigenvalue weighted by Gasteiger charge is -2.41. The van der Waals surface area contributed by atoms with Crippen molar-refractivity contribution in [1.29, 1.82) is 0 Å². The summed E-state index contributed by atoms with van der Waals surface area (Å²) in [6.07, 6.45) is -7.15. The number of allylic oxidation sites excluding steroid dienone is 2. The van der Waals surface area contributed by atoms with Gasteiger partial charge in [0.15, 0.2) is 12.6 Å². The molecule has 2 heterocycles. The molecule has 0 aromatic rings. The first kappa shape index (κ1) is 28.4. The van der Waals surface area contributed by atoms with E-state index in [9.17, 15) is 30.6 Å². The summed E-state index contributed by atoms with van der Waals surface area (Å²) >= 11 is 0. The van der Waals surface area contributed by atoms with Gasteiger partial charge in [-0.15, -0.1) is 0 Å². The van der Waals surface area contributed by atoms with E-state index in [0.717, 1.165) is 5.70 Å². The lowest BCUT2D eigenvalue weighted by molar-refractivity contribution is -0.301. The van der Waals surface area contributed by atoms with E-state index in [1.54, 1.807) is 0 Å². The molecule has 0 aromatic heterocycles. The molecule has 0 spiro atoms. The maximum Gasteiger partial charge on any atom is 0.186 e. The molecule has 6 unspecified atom stereocenters. The fourth-order valence-electron chi connectivity index (χ4n) is 4.08. The van der Waals surface area contributed by atoms with E-state index in [2.05, 4.69) is 0 Å². The van der Waals surface area contributed by atoms with Crippen LogP contribution in [-0.4, -0.2) is 124 Å². The number of hydrogen-bond donors (Lipinski definition) is 6. The minimum Gasteiger partial charge on any atom is -0.394 e. The first-order valence-corrected chi connectivity index (χ1v) is 11.6. The fraction of sp³-hybridized carbons (Fsp3) is 0.909. The zero-order valence-electron chi connectivity index (χ0n) is 19.9. The van der Waals surface area contributed by atoms with Crippen LogP contribution in [0.1, 0.15) is 34.1 Å². The van der Waals surface area contributed by atoms with E-state index in [4.69, 9.17) is 18.9 Å². The Balaban J connectivity index is 1.85. The molecule has 2 saturated heterocycles. The smallest absolute Gasteiger partial charge is 0.186 e. The van der Waals surface area contributed by atoms with E-state index in [-0.39, 0.29) is 25.2 Å². The van der Waals surface area contributed by atoms with Gasteiger partial charge in [-0.05, 0) is 20.3 Å². The maximum absolute atomic E-state index is 10.3. The lowest BCUT2D eigenvalue weighted by atomic mass is 9.89. The van der Waals surface area contributed by atoms with Gasteiger partial charge < -0.3 is 54.5 Å². The van der Waals surface area contributed by atoms with Crippen molar-refractivity contribution >= 4 is 0 Å². The van der Waals surface area contributed by atoms with Crippen molar-refractivity contribution < 1.29 is 49.6 Å². The van der Waals surface area contributed by atoms with Crippen molar-refractivity contribution in [3.8, 4) is 0 Å². The Hall–Kier alpha value is -0.860. The molecule has 0 amide bonds. The summed E-state index contributed by atoms with van der Waals surface area (Å²) in [5.41, 5.74) is 0.946. The summed E-state index contributed by atoms with van der Waals surface area (Å²) in [7, 11) is 0. The highest BCUT2D eigenvalue weighted by Gasteiger charge is 2.44. The topological polar surface area (TPSA) is 162 Å². The van der Waals surface area contributed by atoms with Gasteiger partial charge in [0.25, 0.3) is 0 Å². The Labute approximate surface area is 195 Å². The third kappa shape index (κ3) is 7.07. The van der Waals surface area contributed by atoms with Crippen LogP contribution >= 0.6 is 0 Å². The zero-order chi connectivity index (χ0) is 24.7. The van der Waals surface area contributed by atoms with Gasteiger partial charge in [0.1, 0.15) is 30.5 Å². The van der Waals surface area contributed by atoms with Gasteiger partial charge in [0.2, 0.25) is 0 Å². The van der Waals surface area contributed by atoms with Crippen LogP contribution in [0.3, 0.4) is 0 Å². The Kier molecular flexibility index (Phi) is 11.4. The minimum absolute atomic E-state index is 0.130. The van der Waals surface area contributed by atoms with Gasteiger partial charge in [-0.2, -0.15) is 0 Å². The second kappa shape index (κ2) is 13.3. The molecule has 194 valence electrons. The number of hydrogen-bond acceptors (Lipinski definition) is 11. The molecule has 6 N–H and O–H groups in total. The second-order valence-corrected chi connectivity index (χ2v) is 8.65. The number of aliphatic hydroxyl groups is 6. The number of aliphatic hydroxyl groups excluding tert-OH is 6. The quantitative estimate of drug-likeness (QED) is 0.205. The minimum atomic E-state index is -1.49. The zero-order valence-corrected chi connectivity index (χ0v) is 19.9. The molecule has 2 fully saturated rings. The monoisotopic (exact) mass is 479 g/mol. The third-order valence-corrected chi connectivity index (χ3v) is 6.52. The van der Waals surface area contributed by atoms with Gasteiger partial charge in [-0.25, -0.2) is 0 Å². The second-order valence-electron chi connectivity index (χ2n) is 8.65. The Morgan fingerprint density at radius 3 is 1.85 bits per heavy atom.